The van der Waals surface area contributed by atoms with Gasteiger partial charge in [0.2, 0.25) is 0 Å². The Kier molecular flexibility index (Phi) is 2.90. The Morgan fingerprint density at radius 1 is 1.44 bits per heavy atom. The Hall–Kier alpha value is -1.45. The van der Waals surface area contributed by atoms with E-state index in [0.29, 0.717) is 24.2 Å². The monoisotopic (exact) mass is 222 g/mol. The number of aromatic nitrogens is 1. The minimum Gasteiger partial charge on any atom is -0.349 e. The lowest BCUT2D eigenvalue weighted by molar-refractivity contribution is 0.112. The van der Waals surface area contributed by atoms with Gasteiger partial charge in [0.25, 0.3) is 0 Å². The number of carbonyl (C=O) groups excluding carboxylic acids is 1. The second kappa shape index (κ2) is 4.20. The van der Waals surface area contributed by atoms with Gasteiger partial charge in [0, 0.05) is 23.8 Å². The first kappa shape index (κ1) is 11.0. The summed E-state index contributed by atoms with van der Waals surface area (Å²) in [5, 5.41) is 0. The van der Waals surface area contributed by atoms with Gasteiger partial charge in [-0.2, -0.15) is 0 Å². The van der Waals surface area contributed by atoms with Crippen LogP contribution in [0.2, 0.25) is 0 Å². The van der Waals surface area contributed by atoms with E-state index in [1.165, 1.54) is 12.3 Å². The van der Waals surface area contributed by atoms with E-state index < -0.39 is 5.82 Å². The summed E-state index contributed by atoms with van der Waals surface area (Å²) in [7, 11) is 0. The van der Waals surface area contributed by atoms with Crippen LogP contribution in [0, 0.1) is 5.82 Å². The number of hydrogen-bond donors (Lipinski definition) is 0. The zero-order valence-electron chi connectivity index (χ0n) is 9.48. The smallest absolute Gasteiger partial charge is 0.166 e. The van der Waals surface area contributed by atoms with Gasteiger partial charge in [0.1, 0.15) is 0 Å². The Morgan fingerprint density at radius 2 is 2.06 bits per heavy atom. The van der Waals surface area contributed by atoms with Crippen molar-refractivity contribution in [3.05, 3.63) is 23.6 Å². The lowest BCUT2D eigenvalue weighted by Gasteiger charge is -2.27. The summed E-state index contributed by atoms with van der Waals surface area (Å²) >= 11 is 0. The highest BCUT2D eigenvalue weighted by Gasteiger charge is 2.30. The van der Waals surface area contributed by atoms with Gasteiger partial charge in [-0.05, 0) is 32.8 Å². The van der Waals surface area contributed by atoms with Crippen molar-refractivity contribution in [2.45, 2.75) is 38.8 Å². The summed E-state index contributed by atoms with van der Waals surface area (Å²) < 4.78 is 13.8. The largest absolute Gasteiger partial charge is 0.349 e. The van der Waals surface area contributed by atoms with E-state index in [1.54, 1.807) is 0 Å². The molecule has 0 amide bonds. The standard InChI is InChI=1S/C12H15FN2O/c1-8-3-4-9(2)15(8)12-11(13)5-10(7-16)6-14-12/h5-9H,3-4H2,1-2H3/t8-,9-/m0/s1. The first-order chi connectivity index (χ1) is 7.63. The maximum absolute atomic E-state index is 13.8. The normalized spacial score (nSPS) is 24.8. The molecule has 1 fully saturated rings. The second-order valence-corrected chi connectivity index (χ2v) is 4.37. The molecule has 0 radical (unpaired) electrons. The summed E-state index contributed by atoms with van der Waals surface area (Å²) in [4.78, 5) is 16.5. The number of halogens is 1. The highest BCUT2D eigenvalue weighted by Crippen LogP contribution is 2.30. The van der Waals surface area contributed by atoms with Gasteiger partial charge < -0.3 is 4.90 Å². The molecule has 3 nitrogen and oxygen atoms in total. The van der Waals surface area contributed by atoms with Crippen molar-refractivity contribution < 1.29 is 9.18 Å². The maximum Gasteiger partial charge on any atom is 0.166 e. The number of anilines is 1. The SMILES string of the molecule is C[C@H]1CC[C@H](C)N1c1ncc(C=O)cc1F. The van der Waals surface area contributed by atoms with E-state index >= 15 is 0 Å². The molecule has 1 aromatic heterocycles. The van der Waals surface area contributed by atoms with Crippen LogP contribution in [0.25, 0.3) is 0 Å². The molecule has 1 aromatic rings. The predicted octanol–water partition coefficient (Wildman–Crippen LogP) is 2.41. The van der Waals surface area contributed by atoms with E-state index in [1.807, 2.05) is 4.90 Å². The fourth-order valence-corrected chi connectivity index (χ4v) is 2.31. The van der Waals surface area contributed by atoms with Crippen molar-refractivity contribution in [1.29, 1.82) is 0 Å². The number of rotatable bonds is 2. The molecule has 4 heteroatoms. The van der Waals surface area contributed by atoms with Crippen LogP contribution in [-0.2, 0) is 0 Å². The van der Waals surface area contributed by atoms with Crippen molar-refractivity contribution in [3.63, 3.8) is 0 Å². The summed E-state index contributed by atoms with van der Waals surface area (Å²) in [6.07, 6.45) is 4.13. The van der Waals surface area contributed by atoms with Gasteiger partial charge in [-0.25, -0.2) is 9.37 Å². The minimum atomic E-state index is -0.412. The predicted molar refractivity (Wildman–Crippen MR) is 60.2 cm³/mol. The van der Waals surface area contributed by atoms with Crippen LogP contribution in [0.1, 0.15) is 37.0 Å². The minimum absolute atomic E-state index is 0.278. The molecule has 2 heterocycles. The topological polar surface area (TPSA) is 33.2 Å². The van der Waals surface area contributed by atoms with Crippen LogP contribution in [0.3, 0.4) is 0 Å². The van der Waals surface area contributed by atoms with Crippen LogP contribution in [0.15, 0.2) is 12.3 Å². The van der Waals surface area contributed by atoms with E-state index in [4.69, 9.17) is 0 Å². The fourth-order valence-electron chi connectivity index (χ4n) is 2.31. The quantitative estimate of drug-likeness (QED) is 0.720. The number of pyridine rings is 1. The number of hydrogen-bond acceptors (Lipinski definition) is 3. The third-order valence-corrected chi connectivity index (χ3v) is 3.18. The number of nitrogens with zero attached hydrogens (tertiary/aromatic N) is 2. The Bertz CT molecular complexity index is 398. The molecule has 0 unspecified atom stereocenters. The van der Waals surface area contributed by atoms with Crippen LogP contribution in [0.4, 0.5) is 10.2 Å². The molecule has 0 aromatic carbocycles. The molecule has 1 saturated heterocycles. The van der Waals surface area contributed by atoms with Gasteiger partial charge in [-0.1, -0.05) is 0 Å². The first-order valence-corrected chi connectivity index (χ1v) is 5.52. The van der Waals surface area contributed by atoms with E-state index in [2.05, 4.69) is 18.8 Å². The van der Waals surface area contributed by atoms with E-state index in [9.17, 15) is 9.18 Å². The lowest BCUT2D eigenvalue weighted by Crippen LogP contribution is -2.34. The highest BCUT2D eigenvalue weighted by atomic mass is 19.1. The summed E-state index contributed by atoms with van der Waals surface area (Å²) in [6, 6.07) is 1.85. The molecule has 2 atom stereocenters. The molecule has 16 heavy (non-hydrogen) atoms. The fraction of sp³-hybridized carbons (Fsp3) is 0.500. The molecule has 0 saturated carbocycles. The summed E-state index contributed by atoms with van der Waals surface area (Å²) in [6.45, 7) is 4.14. The molecule has 86 valence electrons. The highest BCUT2D eigenvalue weighted by molar-refractivity contribution is 5.74. The van der Waals surface area contributed by atoms with E-state index in [0.717, 1.165) is 12.8 Å². The van der Waals surface area contributed by atoms with Gasteiger partial charge in [-0.15, -0.1) is 0 Å². The maximum atomic E-state index is 13.8. The second-order valence-electron chi connectivity index (χ2n) is 4.37. The summed E-state index contributed by atoms with van der Waals surface area (Å²) in [5.41, 5.74) is 0.278. The van der Waals surface area contributed by atoms with Crippen molar-refractivity contribution >= 4 is 12.1 Å². The molecule has 0 bridgehead atoms. The van der Waals surface area contributed by atoms with Crippen molar-refractivity contribution in [1.82, 2.24) is 4.98 Å². The molecule has 0 aliphatic carbocycles. The number of aldehydes is 1. The van der Waals surface area contributed by atoms with Gasteiger partial charge in [-0.3, -0.25) is 4.79 Å². The molecule has 0 N–H and O–H groups in total. The Balaban J connectivity index is 2.36. The molecule has 0 spiro atoms. The zero-order valence-corrected chi connectivity index (χ0v) is 9.48. The van der Waals surface area contributed by atoms with Crippen molar-refractivity contribution in [3.8, 4) is 0 Å². The average molecular weight is 222 g/mol. The molecular formula is C12H15FN2O. The van der Waals surface area contributed by atoms with Crippen molar-refractivity contribution in [2.75, 3.05) is 4.90 Å². The molecular weight excluding hydrogens is 207 g/mol. The van der Waals surface area contributed by atoms with Gasteiger partial charge in [0.15, 0.2) is 17.9 Å². The molecule has 2 rings (SSSR count). The van der Waals surface area contributed by atoms with E-state index in [-0.39, 0.29) is 5.56 Å². The first-order valence-electron chi connectivity index (χ1n) is 5.52. The Morgan fingerprint density at radius 3 is 2.56 bits per heavy atom. The third kappa shape index (κ3) is 1.79. The van der Waals surface area contributed by atoms with Gasteiger partial charge >= 0.3 is 0 Å². The molecule has 1 aliphatic heterocycles. The van der Waals surface area contributed by atoms with Crippen LogP contribution in [0.5, 0.6) is 0 Å². The lowest BCUT2D eigenvalue weighted by atomic mass is 10.2. The zero-order chi connectivity index (χ0) is 11.7. The van der Waals surface area contributed by atoms with Crippen LogP contribution >= 0.6 is 0 Å². The Labute approximate surface area is 94.3 Å². The van der Waals surface area contributed by atoms with Gasteiger partial charge in [0.05, 0.1) is 0 Å². The summed E-state index contributed by atoms with van der Waals surface area (Å²) in [5.74, 6) is -0.0479. The molecule has 1 aliphatic rings. The van der Waals surface area contributed by atoms with Crippen molar-refractivity contribution in [2.24, 2.45) is 0 Å². The van der Waals surface area contributed by atoms with Crippen LogP contribution in [-0.4, -0.2) is 23.4 Å². The third-order valence-electron chi connectivity index (χ3n) is 3.18. The average Bonchev–Trinajstić information content (AvgIpc) is 2.59. The number of carbonyl (C=O) groups is 1. The van der Waals surface area contributed by atoms with Crippen LogP contribution < -0.4 is 4.90 Å².